The van der Waals surface area contributed by atoms with E-state index in [1.54, 1.807) is 24.5 Å². The minimum atomic E-state index is -1.81. The zero-order valence-electron chi connectivity index (χ0n) is 16.1. The van der Waals surface area contributed by atoms with Crippen LogP contribution in [0.3, 0.4) is 0 Å². The molecule has 6 heteroatoms. The minimum absolute atomic E-state index is 0.259. The highest BCUT2D eigenvalue weighted by molar-refractivity contribution is 7.99. The van der Waals surface area contributed by atoms with E-state index in [-0.39, 0.29) is 5.82 Å². The van der Waals surface area contributed by atoms with Crippen molar-refractivity contribution in [3.8, 4) is 11.3 Å². The molecule has 3 rings (SSSR count). The van der Waals surface area contributed by atoms with Gasteiger partial charge in [0.1, 0.15) is 5.82 Å². The fraction of sp³-hybridized carbons (Fsp3) is 0.429. The van der Waals surface area contributed by atoms with Gasteiger partial charge in [-0.25, -0.2) is 4.39 Å². The summed E-state index contributed by atoms with van der Waals surface area (Å²) in [7, 11) is -1.81. The molecule has 1 saturated heterocycles. The Kier molecular flexibility index (Phi) is 7.83. The molecule has 2 heterocycles. The average Bonchev–Trinajstić information content (AvgIpc) is 2.58. The number of ether oxygens (including phenoxy) is 1. The Morgan fingerprint density at radius 3 is 2.67 bits per heavy atom. The first-order chi connectivity index (χ1) is 12.7. The number of aromatic nitrogens is 1. The van der Waals surface area contributed by atoms with E-state index < -0.39 is 9.52 Å². The van der Waals surface area contributed by atoms with Gasteiger partial charge < -0.3 is 4.74 Å². The summed E-state index contributed by atoms with van der Waals surface area (Å²) >= 11 is 5.71. The third-order valence-electron chi connectivity index (χ3n) is 4.51. The first kappa shape index (κ1) is 21.9. The van der Waals surface area contributed by atoms with Crippen molar-refractivity contribution in [3.05, 3.63) is 52.9 Å². The van der Waals surface area contributed by atoms with Crippen LogP contribution in [-0.4, -0.2) is 40.3 Å². The topological polar surface area (TPSA) is 39.2 Å². The van der Waals surface area contributed by atoms with Crippen molar-refractivity contribution < 1.29 is 13.3 Å². The first-order valence-corrected chi connectivity index (χ1v) is 11.6. The largest absolute Gasteiger partial charge is 0.381 e. The van der Waals surface area contributed by atoms with Crippen molar-refractivity contribution in [1.29, 1.82) is 0 Å². The van der Waals surface area contributed by atoms with Gasteiger partial charge in [-0.1, -0.05) is 24.6 Å². The van der Waals surface area contributed by atoms with Crippen molar-refractivity contribution in [2.75, 3.05) is 25.2 Å². The monoisotopic (exact) mass is 411 g/mol. The highest BCUT2D eigenvalue weighted by Gasteiger charge is 2.23. The molecule has 1 aliphatic heterocycles. The van der Waals surface area contributed by atoms with E-state index in [1.807, 2.05) is 13.0 Å². The van der Waals surface area contributed by atoms with Gasteiger partial charge in [-0.2, -0.15) is 0 Å². The molecule has 3 atom stereocenters. The molecule has 0 saturated carbocycles. The molecule has 2 unspecified atom stereocenters. The van der Waals surface area contributed by atoms with Gasteiger partial charge in [0.25, 0.3) is 0 Å². The van der Waals surface area contributed by atoms with E-state index in [1.165, 1.54) is 12.3 Å². The summed E-state index contributed by atoms with van der Waals surface area (Å²) in [6.07, 6.45) is 4.30. The molecule has 3 nitrogen and oxygen atoms in total. The molecule has 27 heavy (non-hydrogen) atoms. The van der Waals surface area contributed by atoms with Gasteiger partial charge in [0.15, 0.2) is 0 Å². The van der Waals surface area contributed by atoms with Crippen molar-refractivity contribution in [2.45, 2.75) is 20.3 Å². The van der Waals surface area contributed by atoms with Crippen LogP contribution in [0.2, 0.25) is 5.02 Å². The zero-order valence-corrected chi connectivity index (χ0v) is 17.7. The lowest BCUT2D eigenvalue weighted by atomic mass is 9.92. The first-order valence-electron chi connectivity index (χ1n) is 8.91. The van der Waals surface area contributed by atoms with Crippen LogP contribution in [0.15, 0.2) is 36.5 Å². The Balaban J connectivity index is 0.000000199. The third kappa shape index (κ3) is 7.24. The lowest BCUT2D eigenvalue weighted by Crippen LogP contribution is -2.30. The second-order valence-corrected chi connectivity index (χ2v) is 10.4. The lowest BCUT2D eigenvalue weighted by molar-refractivity contribution is 0.0315. The van der Waals surface area contributed by atoms with Crippen molar-refractivity contribution in [3.63, 3.8) is 0 Å². The molecule has 148 valence electrons. The molecule has 0 aliphatic carbocycles. The number of hydrogen-bond acceptors (Lipinski definition) is 3. The van der Waals surface area contributed by atoms with Gasteiger partial charge in [-0.3, -0.25) is 9.19 Å². The maximum Gasteiger partial charge on any atom is 0.132 e. The fourth-order valence-electron chi connectivity index (χ4n) is 2.99. The van der Waals surface area contributed by atoms with E-state index in [4.69, 9.17) is 16.3 Å². The number of aryl methyl sites for hydroxylation is 1. The summed E-state index contributed by atoms with van der Waals surface area (Å²) in [5.74, 6) is 5.28. The van der Waals surface area contributed by atoms with E-state index in [0.717, 1.165) is 31.0 Å². The molecule has 1 aromatic carbocycles. The predicted octanol–water partition coefficient (Wildman–Crippen LogP) is 4.85. The normalized spacial score (nSPS) is 21.7. The molecule has 1 fully saturated rings. The Hall–Kier alpha value is -1.43. The van der Waals surface area contributed by atoms with Crippen molar-refractivity contribution in [1.82, 2.24) is 4.98 Å². The summed E-state index contributed by atoms with van der Waals surface area (Å²) in [5.41, 5.74) is 1.99. The lowest BCUT2D eigenvalue weighted by Gasteiger charge is -2.29. The Bertz CT molecular complexity index is 853. The van der Waals surface area contributed by atoms with E-state index >= 15 is 0 Å². The van der Waals surface area contributed by atoms with Crippen LogP contribution in [-0.2, 0) is 14.3 Å². The van der Waals surface area contributed by atoms with E-state index in [9.17, 15) is 8.60 Å². The molecule has 0 N–H and O–H groups in total. The number of benzene rings is 1. The molecule has 0 amide bonds. The standard InChI is InChI=1S/C12H9ClFN.C9H18O2S/c1-8-2-4-10(11(14)6-8)12-5-3-9(13)7-15-12;1-8-6-11-5-4-9(8)7-12(2,3)10/h2-7H,1H3;8-9H,2,4-7H2,1,3H3/t;8-,9?,12?/m.0/s1. The van der Waals surface area contributed by atoms with Gasteiger partial charge >= 0.3 is 0 Å². The molecule has 0 bridgehead atoms. The Morgan fingerprint density at radius 2 is 2.11 bits per heavy atom. The molecular formula is C21H27ClFNO2S. The van der Waals surface area contributed by atoms with Gasteiger partial charge in [0.2, 0.25) is 0 Å². The van der Waals surface area contributed by atoms with Crippen molar-refractivity contribution >= 4 is 27.0 Å². The number of nitrogens with zero attached hydrogens (tertiary/aromatic N) is 1. The third-order valence-corrected chi connectivity index (χ3v) is 5.87. The molecule has 0 spiro atoms. The number of rotatable bonds is 3. The second-order valence-electron chi connectivity index (χ2n) is 7.30. The zero-order chi connectivity index (χ0) is 20.0. The number of pyridine rings is 1. The van der Waals surface area contributed by atoms with Crippen LogP contribution in [0.1, 0.15) is 18.9 Å². The molecular weight excluding hydrogens is 385 g/mol. The van der Waals surface area contributed by atoms with E-state index in [0.29, 0.717) is 28.1 Å². The second kappa shape index (κ2) is 9.67. The summed E-state index contributed by atoms with van der Waals surface area (Å²) in [6.45, 7) is 5.65. The quantitative estimate of drug-likeness (QED) is 0.677. The summed E-state index contributed by atoms with van der Waals surface area (Å²) < 4.78 is 30.3. The summed E-state index contributed by atoms with van der Waals surface area (Å²) in [5, 5.41) is 0.547. The highest BCUT2D eigenvalue weighted by Crippen LogP contribution is 2.23. The van der Waals surface area contributed by atoms with Crippen LogP contribution >= 0.6 is 11.6 Å². The van der Waals surface area contributed by atoms with Crippen LogP contribution < -0.4 is 0 Å². The van der Waals surface area contributed by atoms with Crippen LogP contribution in [0.5, 0.6) is 0 Å². The highest BCUT2D eigenvalue weighted by atomic mass is 35.5. The molecule has 0 radical (unpaired) electrons. The average molecular weight is 412 g/mol. The van der Waals surface area contributed by atoms with Gasteiger partial charge in [-0.05, 0) is 70.4 Å². The van der Waals surface area contributed by atoms with Crippen LogP contribution in [0.4, 0.5) is 4.39 Å². The molecule has 1 aromatic heterocycles. The van der Waals surface area contributed by atoms with Crippen LogP contribution in [0, 0.1) is 24.6 Å². The summed E-state index contributed by atoms with van der Waals surface area (Å²) in [6, 6.07) is 8.47. The maximum atomic E-state index is 13.6. The van der Waals surface area contributed by atoms with Crippen molar-refractivity contribution in [2.24, 2.45) is 11.8 Å². The Morgan fingerprint density at radius 1 is 1.37 bits per heavy atom. The summed E-state index contributed by atoms with van der Waals surface area (Å²) in [4.78, 5) is 4.07. The number of hydrogen-bond donors (Lipinski definition) is 0. The smallest absolute Gasteiger partial charge is 0.132 e. The number of halogens is 2. The van der Waals surface area contributed by atoms with Gasteiger partial charge in [-0.15, -0.1) is 0 Å². The van der Waals surface area contributed by atoms with Gasteiger partial charge in [0, 0.05) is 37.0 Å². The predicted molar refractivity (Wildman–Crippen MR) is 114 cm³/mol. The fourth-order valence-corrected chi connectivity index (χ4v) is 4.50. The van der Waals surface area contributed by atoms with Gasteiger partial charge in [0.05, 0.1) is 10.7 Å². The molecule has 2 aromatic rings. The minimum Gasteiger partial charge on any atom is -0.381 e. The molecule has 1 aliphatic rings. The SMILES string of the molecule is C=S(C)(=O)CC1CCOC[C@@H]1C.Cc1ccc(-c2ccc(Cl)cn2)c(F)c1. The van der Waals surface area contributed by atoms with E-state index in [2.05, 4.69) is 17.8 Å². The van der Waals surface area contributed by atoms with Crippen LogP contribution in [0.25, 0.3) is 11.3 Å². The maximum absolute atomic E-state index is 13.6. The Labute approximate surface area is 166 Å².